The van der Waals surface area contributed by atoms with Crippen molar-refractivity contribution in [3.8, 4) is 0 Å². The molecule has 146 valence electrons. The fourth-order valence-electron chi connectivity index (χ4n) is 4.36. The Morgan fingerprint density at radius 3 is 2.68 bits per heavy atom. The summed E-state index contributed by atoms with van der Waals surface area (Å²) in [7, 11) is 2.05. The second-order valence-electron chi connectivity index (χ2n) is 8.35. The van der Waals surface area contributed by atoms with Gasteiger partial charge >= 0.3 is 0 Å². The summed E-state index contributed by atoms with van der Waals surface area (Å²) < 4.78 is 0. The standard InChI is InChI=1S/C22H25ClN4O/c1-26-19-8-9-24-21(22(28)16-6-3-7-16)17(19)13-27(26)12-14-10-18(23)20(25-11-14)15-4-2-5-15/h8-11,13,15-16,19H,2-7,12H2,1H3. The molecule has 1 atom stereocenters. The number of hydrogen-bond acceptors (Lipinski definition) is 5. The first-order valence-electron chi connectivity index (χ1n) is 10.3. The number of Topliss-reactive ketones (excluding diaryl/α,β-unsaturated/α-hetero) is 1. The topological polar surface area (TPSA) is 48.8 Å². The van der Waals surface area contributed by atoms with Crippen LogP contribution >= 0.6 is 11.6 Å². The lowest BCUT2D eigenvalue weighted by atomic mass is 9.78. The number of carbonyl (C=O) groups excluding carboxylic acids is 1. The number of aromatic nitrogens is 1. The van der Waals surface area contributed by atoms with Crippen molar-refractivity contribution in [2.45, 2.75) is 57.0 Å². The summed E-state index contributed by atoms with van der Waals surface area (Å²) in [6.45, 7) is 0.674. The molecule has 6 heteroatoms. The number of hydrazine groups is 1. The van der Waals surface area contributed by atoms with Crippen molar-refractivity contribution in [2.24, 2.45) is 10.9 Å². The highest BCUT2D eigenvalue weighted by Crippen LogP contribution is 2.39. The Hall–Kier alpha value is -1.98. The van der Waals surface area contributed by atoms with Crippen LogP contribution in [0, 0.1) is 5.92 Å². The van der Waals surface area contributed by atoms with Crippen LogP contribution in [0.3, 0.4) is 0 Å². The van der Waals surface area contributed by atoms with E-state index >= 15 is 0 Å². The lowest BCUT2D eigenvalue weighted by Gasteiger charge is -2.31. The highest BCUT2D eigenvalue weighted by atomic mass is 35.5. The molecule has 2 fully saturated rings. The number of fused-ring (bicyclic) bond motifs is 1. The Bertz CT molecular complexity index is 898. The zero-order valence-electron chi connectivity index (χ0n) is 16.1. The predicted octanol–water partition coefficient (Wildman–Crippen LogP) is 4.25. The van der Waals surface area contributed by atoms with Crippen LogP contribution in [-0.4, -0.2) is 39.6 Å². The van der Waals surface area contributed by atoms with Crippen LogP contribution in [0.4, 0.5) is 0 Å². The van der Waals surface area contributed by atoms with E-state index in [1.807, 2.05) is 25.4 Å². The van der Waals surface area contributed by atoms with E-state index in [1.165, 1.54) is 19.3 Å². The van der Waals surface area contributed by atoms with E-state index in [1.54, 1.807) is 6.20 Å². The molecular formula is C22H25ClN4O. The largest absolute Gasteiger partial charge is 0.308 e. The molecule has 5 nitrogen and oxygen atoms in total. The maximum absolute atomic E-state index is 12.8. The summed E-state index contributed by atoms with van der Waals surface area (Å²) in [4.78, 5) is 21.9. The fraction of sp³-hybridized carbons (Fsp3) is 0.500. The zero-order chi connectivity index (χ0) is 19.3. The molecule has 0 spiro atoms. The molecule has 2 saturated carbocycles. The van der Waals surface area contributed by atoms with Crippen LogP contribution < -0.4 is 0 Å². The van der Waals surface area contributed by atoms with Gasteiger partial charge in [-0.25, -0.2) is 5.01 Å². The molecule has 1 unspecified atom stereocenters. The average molecular weight is 397 g/mol. The van der Waals surface area contributed by atoms with Crippen LogP contribution in [0.5, 0.6) is 0 Å². The third-order valence-electron chi connectivity index (χ3n) is 6.63. The van der Waals surface area contributed by atoms with Crippen LogP contribution in [0.2, 0.25) is 5.02 Å². The van der Waals surface area contributed by atoms with Crippen molar-refractivity contribution in [3.63, 3.8) is 0 Å². The highest BCUT2D eigenvalue weighted by Gasteiger charge is 2.38. The lowest BCUT2D eigenvalue weighted by molar-refractivity contribution is -0.118. The summed E-state index contributed by atoms with van der Waals surface area (Å²) in [5.74, 6) is 0.896. The maximum atomic E-state index is 12.8. The lowest BCUT2D eigenvalue weighted by Crippen LogP contribution is -2.40. The predicted molar refractivity (Wildman–Crippen MR) is 110 cm³/mol. The summed E-state index contributed by atoms with van der Waals surface area (Å²) in [6, 6.07) is 2.11. The normalized spacial score (nSPS) is 25.1. The first kappa shape index (κ1) is 18.1. The van der Waals surface area contributed by atoms with Gasteiger partial charge in [0.05, 0.1) is 23.3 Å². The van der Waals surface area contributed by atoms with Gasteiger partial charge in [-0.3, -0.25) is 14.8 Å². The van der Waals surface area contributed by atoms with Gasteiger partial charge in [0.1, 0.15) is 5.71 Å². The zero-order valence-corrected chi connectivity index (χ0v) is 16.9. The first-order chi connectivity index (χ1) is 13.6. The Morgan fingerprint density at radius 1 is 1.25 bits per heavy atom. The Balaban J connectivity index is 1.35. The van der Waals surface area contributed by atoms with Crippen LogP contribution in [0.15, 0.2) is 41.3 Å². The molecule has 0 N–H and O–H groups in total. The van der Waals surface area contributed by atoms with Gasteiger partial charge in [0, 0.05) is 43.1 Å². The molecule has 28 heavy (non-hydrogen) atoms. The smallest absolute Gasteiger partial charge is 0.184 e. The molecule has 2 aliphatic heterocycles. The number of halogens is 1. The monoisotopic (exact) mass is 396 g/mol. The van der Waals surface area contributed by atoms with E-state index < -0.39 is 0 Å². The second kappa shape index (κ2) is 7.12. The third-order valence-corrected chi connectivity index (χ3v) is 6.93. The van der Waals surface area contributed by atoms with E-state index in [-0.39, 0.29) is 17.7 Å². The maximum Gasteiger partial charge on any atom is 0.184 e. The minimum atomic E-state index is 0.0641. The van der Waals surface area contributed by atoms with Gasteiger partial charge in [-0.15, -0.1) is 0 Å². The van der Waals surface area contributed by atoms with Crippen molar-refractivity contribution >= 4 is 23.1 Å². The van der Waals surface area contributed by atoms with E-state index in [4.69, 9.17) is 11.6 Å². The SMILES string of the molecule is CN1C2C=CN=C(C(=O)C3CCC3)C2=CN1Cc1cnc(C2CCC2)c(Cl)c1. The Labute approximate surface area is 170 Å². The van der Waals surface area contributed by atoms with Crippen molar-refractivity contribution in [1.29, 1.82) is 0 Å². The number of aliphatic imine (C=N–C) groups is 1. The number of carbonyl (C=O) groups is 1. The van der Waals surface area contributed by atoms with E-state index in [2.05, 4.69) is 26.2 Å². The number of rotatable bonds is 5. The molecule has 2 aliphatic carbocycles. The average Bonchev–Trinajstić information content (AvgIpc) is 2.90. The van der Waals surface area contributed by atoms with Crippen molar-refractivity contribution < 1.29 is 4.79 Å². The quantitative estimate of drug-likeness (QED) is 0.746. The first-order valence-corrected chi connectivity index (χ1v) is 10.6. The molecule has 0 radical (unpaired) electrons. The van der Waals surface area contributed by atoms with Gasteiger partial charge in [-0.05, 0) is 43.4 Å². The van der Waals surface area contributed by atoms with Gasteiger partial charge in [-0.1, -0.05) is 24.4 Å². The summed E-state index contributed by atoms with van der Waals surface area (Å²) >= 11 is 6.52. The van der Waals surface area contributed by atoms with Gasteiger partial charge in [0.25, 0.3) is 0 Å². The van der Waals surface area contributed by atoms with E-state index in [0.29, 0.717) is 18.2 Å². The van der Waals surface area contributed by atoms with Gasteiger partial charge < -0.3 is 5.01 Å². The molecule has 4 aliphatic rings. The minimum Gasteiger partial charge on any atom is -0.308 e. The summed E-state index contributed by atoms with van der Waals surface area (Å²) in [6.07, 6.45) is 14.6. The Kier molecular flexibility index (Phi) is 4.60. The molecule has 1 aromatic rings. The molecule has 5 rings (SSSR count). The fourth-order valence-corrected chi connectivity index (χ4v) is 4.71. The summed E-state index contributed by atoms with van der Waals surface area (Å²) in [5, 5.41) is 5.06. The number of likely N-dealkylation sites (N-methyl/N-ethyl adjacent to an activating group) is 1. The molecule has 1 aromatic heterocycles. The van der Waals surface area contributed by atoms with E-state index in [9.17, 15) is 4.79 Å². The molecule has 0 saturated heterocycles. The molecular weight excluding hydrogens is 372 g/mol. The third kappa shape index (κ3) is 3.01. The molecule has 0 aromatic carbocycles. The second-order valence-corrected chi connectivity index (χ2v) is 8.76. The molecule has 0 bridgehead atoms. The Morgan fingerprint density at radius 2 is 2.04 bits per heavy atom. The van der Waals surface area contributed by atoms with Crippen LogP contribution in [-0.2, 0) is 11.3 Å². The van der Waals surface area contributed by atoms with Gasteiger partial charge in [0.15, 0.2) is 5.78 Å². The highest BCUT2D eigenvalue weighted by molar-refractivity contribution is 6.47. The van der Waals surface area contributed by atoms with Gasteiger partial charge in [-0.2, -0.15) is 0 Å². The summed E-state index contributed by atoms with van der Waals surface area (Å²) in [5.41, 5.74) is 3.76. The number of ketones is 1. The van der Waals surface area contributed by atoms with Crippen molar-refractivity contribution in [1.82, 2.24) is 15.0 Å². The van der Waals surface area contributed by atoms with Crippen molar-refractivity contribution in [2.75, 3.05) is 7.05 Å². The molecule has 0 amide bonds. The van der Waals surface area contributed by atoms with Crippen LogP contribution in [0.25, 0.3) is 0 Å². The van der Waals surface area contributed by atoms with Crippen LogP contribution in [0.1, 0.15) is 55.7 Å². The van der Waals surface area contributed by atoms with Crippen molar-refractivity contribution in [3.05, 3.63) is 52.6 Å². The number of nitrogens with zero attached hydrogens (tertiary/aromatic N) is 4. The minimum absolute atomic E-state index is 0.0641. The number of hydrogen-bond donors (Lipinski definition) is 0. The van der Waals surface area contributed by atoms with E-state index in [0.717, 1.165) is 41.1 Å². The van der Waals surface area contributed by atoms with Gasteiger partial charge in [0.2, 0.25) is 0 Å². The number of pyridine rings is 1. The molecule has 3 heterocycles.